The molecule has 2 aromatic rings. The van der Waals surface area contributed by atoms with Crippen LogP contribution < -0.4 is 19.7 Å². The molecule has 0 unspecified atom stereocenters. The van der Waals surface area contributed by atoms with Crippen molar-refractivity contribution in [1.29, 1.82) is 0 Å². The number of hydrogen-bond donors (Lipinski definition) is 2. The van der Waals surface area contributed by atoms with Crippen LogP contribution in [0.2, 0.25) is 0 Å². The molecule has 1 saturated heterocycles. The lowest BCUT2D eigenvalue weighted by atomic mass is 10.1. The molecule has 180 valence electrons. The SMILES string of the molecule is CCN1C(=CC=c2s/c(=C3\SC(=S)N(CC(=O)O)C3=O)n(CC(=O)O)c2=O)C=Cc2ccccc21. The third kappa shape index (κ3) is 4.85. The van der Waals surface area contributed by atoms with E-state index in [0.29, 0.717) is 6.54 Å². The van der Waals surface area contributed by atoms with Crippen LogP contribution >= 0.6 is 35.3 Å². The lowest BCUT2D eigenvalue weighted by Gasteiger charge is -2.29. The predicted molar refractivity (Wildman–Crippen MR) is 139 cm³/mol. The quantitative estimate of drug-likeness (QED) is 0.533. The summed E-state index contributed by atoms with van der Waals surface area (Å²) in [5.41, 5.74) is 2.39. The fourth-order valence-electron chi connectivity index (χ4n) is 3.72. The molecule has 1 amide bonds. The van der Waals surface area contributed by atoms with Crippen molar-refractivity contribution >= 4 is 80.2 Å². The van der Waals surface area contributed by atoms with Crippen LogP contribution in [0.3, 0.4) is 0 Å². The van der Waals surface area contributed by atoms with Crippen molar-refractivity contribution in [2.45, 2.75) is 13.5 Å². The van der Waals surface area contributed by atoms with Crippen molar-refractivity contribution in [3.05, 3.63) is 67.2 Å². The summed E-state index contributed by atoms with van der Waals surface area (Å²) in [6.07, 6.45) is 7.28. The van der Waals surface area contributed by atoms with E-state index in [1.807, 2.05) is 43.3 Å². The second-order valence-electron chi connectivity index (χ2n) is 7.43. The normalized spacial score (nSPS) is 18.5. The molecule has 2 aliphatic heterocycles. The zero-order chi connectivity index (χ0) is 25.3. The highest BCUT2D eigenvalue weighted by Crippen LogP contribution is 2.31. The van der Waals surface area contributed by atoms with Crippen LogP contribution in [-0.2, 0) is 20.9 Å². The summed E-state index contributed by atoms with van der Waals surface area (Å²) in [5.74, 6) is -3.15. The van der Waals surface area contributed by atoms with Gasteiger partial charge in [0.25, 0.3) is 11.5 Å². The van der Waals surface area contributed by atoms with Gasteiger partial charge in [-0.2, -0.15) is 0 Å². The number of carbonyl (C=O) groups is 3. The van der Waals surface area contributed by atoms with E-state index in [4.69, 9.17) is 17.3 Å². The number of fused-ring (bicyclic) bond motifs is 1. The highest BCUT2D eigenvalue weighted by molar-refractivity contribution is 8.30. The van der Waals surface area contributed by atoms with E-state index < -0.39 is 36.5 Å². The zero-order valence-electron chi connectivity index (χ0n) is 18.3. The molecule has 3 heterocycles. The van der Waals surface area contributed by atoms with E-state index in [2.05, 4.69) is 4.90 Å². The number of para-hydroxylation sites is 1. The van der Waals surface area contributed by atoms with Crippen LogP contribution in [0, 0.1) is 0 Å². The topological polar surface area (TPSA) is 120 Å². The lowest BCUT2D eigenvalue weighted by Crippen LogP contribution is -2.36. The fourth-order valence-corrected chi connectivity index (χ4v) is 6.17. The van der Waals surface area contributed by atoms with Gasteiger partial charge in [0.15, 0.2) is 0 Å². The van der Waals surface area contributed by atoms with Crippen LogP contribution in [0.4, 0.5) is 5.69 Å². The second-order valence-corrected chi connectivity index (χ2v) is 10.1. The number of allylic oxidation sites excluding steroid dienone is 2. The van der Waals surface area contributed by atoms with Crippen LogP contribution in [0.5, 0.6) is 0 Å². The number of carbonyl (C=O) groups excluding carboxylic acids is 1. The van der Waals surface area contributed by atoms with Crippen molar-refractivity contribution in [1.82, 2.24) is 9.47 Å². The number of amides is 1. The van der Waals surface area contributed by atoms with Gasteiger partial charge in [0.2, 0.25) is 0 Å². The molecule has 1 fully saturated rings. The minimum Gasteiger partial charge on any atom is -0.480 e. The number of likely N-dealkylation sites (N-methyl/N-ethyl adjacent to an activating group) is 1. The average Bonchev–Trinajstić information content (AvgIpc) is 3.27. The van der Waals surface area contributed by atoms with Gasteiger partial charge in [-0.3, -0.25) is 28.6 Å². The first-order valence-corrected chi connectivity index (χ1v) is 12.4. The maximum absolute atomic E-state index is 13.1. The van der Waals surface area contributed by atoms with Gasteiger partial charge < -0.3 is 15.1 Å². The number of anilines is 1. The van der Waals surface area contributed by atoms with Gasteiger partial charge in [0.05, 0.1) is 4.53 Å². The molecule has 4 rings (SSSR count). The number of aromatic nitrogens is 1. The Morgan fingerprint density at radius 2 is 1.74 bits per heavy atom. The molecule has 0 atom stereocenters. The summed E-state index contributed by atoms with van der Waals surface area (Å²) in [7, 11) is 0. The molecular formula is C23H19N3O6S3. The Labute approximate surface area is 212 Å². The van der Waals surface area contributed by atoms with Gasteiger partial charge in [-0.05, 0) is 36.8 Å². The van der Waals surface area contributed by atoms with Crippen LogP contribution in [0.25, 0.3) is 17.1 Å². The van der Waals surface area contributed by atoms with E-state index >= 15 is 0 Å². The Kier molecular flexibility index (Phi) is 7.05. The molecule has 0 radical (unpaired) electrons. The molecule has 0 bridgehead atoms. The molecule has 12 heteroatoms. The largest absolute Gasteiger partial charge is 0.480 e. The number of carboxylic acids is 2. The summed E-state index contributed by atoms with van der Waals surface area (Å²) in [4.78, 5) is 51.5. The first kappa shape index (κ1) is 24.6. The molecule has 0 spiro atoms. The number of carboxylic acid groups (broad SMARTS) is 2. The molecule has 0 aliphatic carbocycles. The Morgan fingerprint density at radius 3 is 2.43 bits per heavy atom. The summed E-state index contributed by atoms with van der Waals surface area (Å²) in [6.45, 7) is 1.44. The van der Waals surface area contributed by atoms with Crippen LogP contribution in [-0.4, -0.2) is 54.9 Å². The Morgan fingerprint density at radius 1 is 1.03 bits per heavy atom. The molecule has 35 heavy (non-hydrogen) atoms. The average molecular weight is 530 g/mol. The molecule has 2 aliphatic rings. The molecule has 1 aromatic carbocycles. The summed E-state index contributed by atoms with van der Waals surface area (Å²) < 4.78 is 1.41. The number of aliphatic carboxylic acids is 2. The Balaban J connectivity index is 1.84. The first-order chi connectivity index (χ1) is 16.7. The van der Waals surface area contributed by atoms with Gasteiger partial charge in [-0.1, -0.05) is 48.3 Å². The van der Waals surface area contributed by atoms with E-state index in [1.54, 1.807) is 12.2 Å². The third-order valence-electron chi connectivity index (χ3n) is 5.23. The first-order valence-electron chi connectivity index (χ1n) is 10.4. The maximum atomic E-state index is 13.1. The number of benzene rings is 1. The van der Waals surface area contributed by atoms with Crippen molar-refractivity contribution in [2.75, 3.05) is 18.0 Å². The van der Waals surface area contributed by atoms with Crippen molar-refractivity contribution in [3.8, 4) is 0 Å². The highest BCUT2D eigenvalue weighted by atomic mass is 32.2. The molecule has 2 N–H and O–H groups in total. The molecule has 9 nitrogen and oxygen atoms in total. The third-order valence-corrected chi connectivity index (χ3v) is 7.95. The fraction of sp³-hybridized carbons (Fsp3) is 0.174. The minimum absolute atomic E-state index is 0.0346. The van der Waals surface area contributed by atoms with Crippen LogP contribution in [0.15, 0.2) is 46.9 Å². The van der Waals surface area contributed by atoms with E-state index in [-0.39, 0.29) is 18.4 Å². The summed E-state index contributed by atoms with van der Waals surface area (Å²) in [6, 6.07) is 7.92. The maximum Gasteiger partial charge on any atom is 0.323 e. The number of nitrogens with zero attached hydrogens (tertiary/aromatic N) is 3. The monoisotopic (exact) mass is 529 g/mol. The summed E-state index contributed by atoms with van der Waals surface area (Å²) in [5, 5.41) is 18.4. The van der Waals surface area contributed by atoms with Crippen molar-refractivity contribution in [2.24, 2.45) is 0 Å². The van der Waals surface area contributed by atoms with Gasteiger partial charge >= 0.3 is 11.9 Å². The number of hydrogen-bond acceptors (Lipinski definition) is 8. The molecule has 1 aromatic heterocycles. The highest BCUT2D eigenvalue weighted by Gasteiger charge is 2.35. The Hall–Kier alpha value is -3.48. The minimum atomic E-state index is -1.25. The lowest BCUT2D eigenvalue weighted by molar-refractivity contribution is -0.140. The van der Waals surface area contributed by atoms with E-state index in [1.165, 1.54) is 0 Å². The van der Waals surface area contributed by atoms with Crippen molar-refractivity contribution in [3.63, 3.8) is 0 Å². The van der Waals surface area contributed by atoms with Crippen LogP contribution in [0.1, 0.15) is 12.5 Å². The Bertz CT molecular complexity index is 1500. The predicted octanol–water partition coefficient (Wildman–Crippen LogP) is 1.27. The molecular weight excluding hydrogens is 510 g/mol. The van der Waals surface area contributed by atoms with E-state index in [9.17, 15) is 24.3 Å². The number of thiazole rings is 1. The van der Waals surface area contributed by atoms with Gasteiger partial charge in [0, 0.05) is 17.9 Å². The molecule has 0 saturated carbocycles. The van der Waals surface area contributed by atoms with Gasteiger partial charge in [0.1, 0.15) is 27.0 Å². The standard InChI is InChI=1S/C23H19N3O6S3/c1-2-24-14(8-7-13-5-3-4-6-15(13)24)9-10-16-20(31)25(11-17(27)28)22(34-16)19-21(32)26(12-18(29)30)23(33)35-19/h3-10H,2,11-12H2,1H3,(H,27,28)(H,29,30)/b14-9?,16-10?,22-19-. The van der Waals surface area contributed by atoms with Gasteiger partial charge in [-0.25, -0.2) is 0 Å². The van der Waals surface area contributed by atoms with E-state index in [0.717, 1.165) is 49.5 Å². The number of rotatable bonds is 6. The smallest absolute Gasteiger partial charge is 0.323 e. The van der Waals surface area contributed by atoms with Crippen molar-refractivity contribution < 1.29 is 24.6 Å². The summed E-state index contributed by atoms with van der Waals surface area (Å²) >= 11 is 6.95. The number of thiocarbonyl (C=S) groups is 1. The zero-order valence-corrected chi connectivity index (χ0v) is 20.8. The second kappa shape index (κ2) is 10.0. The van der Waals surface area contributed by atoms with Gasteiger partial charge in [-0.15, -0.1) is 11.3 Å². The number of thioether (sulfide) groups is 1.